The van der Waals surface area contributed by atoms with Crippen LogP contribution in [-0.2, 0) is 4.74 Å². The normalized spacial score (nSPS) is 23.4. The van der Waals surface area contributed by atoms with E-state index in [2.05, 4.69) is 0 Å². The van der Waals surface area contributed by atoms with E-state index < -0.39 is 18.3 Å². The van der Waals surface area contributed by atoms with Gasteiger partial charge < -0.3 is 25.2 Å². The van der Waals surface area contributed by atoms with Crippen LogP contribution in [-0.4, -0.2) is 39.4 Å². The molecule has 0 amide bonds. The number of carbonyl (C=O) groups is 1. The summed E-state index contributed by atoms with van der Waals surface area (Å²) in [4.78, 5) is 12.4. The van der Waals surface area contributed by atoms with Gasteiger partial charge in [0.05, 0.1) is 5.56 Å². The molecule has 0 saturated heterocycles. The number of aliphatic hydroxyl groups is 2. The van der Waals surface area contributed by atoms with Crippen molar-refractivity contribution in [3.05, 3.63) is 52.6 Å². The summed E-state index contributed by atoms with van der Waals surface area (Å²) in [5, 5.41) is 44.5. The van der Waals surface area contributed by atoms with E-state index in [9.17, 15) is 25.2 Å². The van der Waals surface area contributed by atoms with Gasteiger partial charge in [0.2, 0.25) is 0 Å². The highest BCUT2D eigenvalue weighted by atomic mass is 16.5. The Kier molecular flexibility index (Phi) is 3.19. The van der Waals surface area contributed by atoms with E-state index in [0.717, 1.165) is 0 Å². The number of phenolic OH excluding ortho intramolecular Hbond substituents is 2. The Morgan fingerprint density at radius 3 is 2.26 bits per heavy atom. The van der Waals surface area contributed by atoms with E-state index in [-0.39, 0.29) is 28.4 Å². The van der Waals surface area contributed by atoms with Crippen LogP contribution < -0.4 is 0 Å². The van der Waals surface area contributed by atoms with Gasteiger partial charge in [-0.2, -0.15) is 0 Å². The fraction of sp³-hybridized carbons (Fsp3) is 0.190. The SMILES string of the molecule is CO[C@H]1c2c3c4c(c(O)ccc4c4ccc(O)c(c24)[C@@H](O)[C@H]1O)C(=O)C=C3. The first-order valence-electron chi connectivity index (χ1n) is 8.54. The Hall–Kier alpha value is -2.93. The minimum atomic E-state index is -1.32. The third-order valence-electron chi connectivity index (χ3n) is 5.64. The molecule has 0 heterocycles. The molecule has 0 aliphatic heterocycles. The van der Waals surface area contributed by atoms with E-state index in [1.54, 1.807) is 18.2 Å². The number of allylic oxidation sites excluding steroid dienone is 1. The predicted octanol–water partition coefficient (Wildman–Crippen LogP) is 2.71. The lowest BCUT2D eigenvalue weighted by Crippen LogP contribution is -2.32. The maximum atomic E-state index is 12.4. The predicted molar refractivity (Wildman–Crippen MR) is 98.9 cm³/mol. The lowest BCUT2D eigenvalue weighted by Gasteiger charge is -2.36. The van der Waals surface area contributed by atoms with Gasteiger partial charge in [-0.3, -0.25) is 4.79 Å². The molecule has 3 aromatic carbocycles. The second kappa shape index (κ2) is 5.29. The molecule has 0 fully saturated rings. The summed E-state index contributed by atoms with van der Waals surface area (Å²) in [5.41, 5.74) is 1.65. The van der Waals surface area contributed by atoms with Gasteiger partial charge in [-0.25, -0.2) is 0 Å². The summed E-state index contributed by atoms with van der Waals surface area (Å²) in [7, 11) is 1.43. The zero-order chi connectivity index (χ0) is 19.0. The second-order valence-corrected chi connectivity index (χ2v) is 6.92. The molecule has 136 valence electrons. The molecule has 0 saturated carbocycles. The van der Waals surface area contributed by atoms with Crippen molar-refractivity contribution in [3.8, 4) is 11.5 Å². The number of hydrogen-bond acceptors (Lipinski definition) is 6. The monoisotopic (exact) mass is 364 g/mol. The molecular weight excluding hydrogens is 348 g/mol. The second-order valence-electron chi connectivity index (χ2n) is 6.92. The highest BCUT2D eigenvalue weighted by Crippen LogP contribution is 2.51. The highest BCUT2D eigenvalue weighted by Gasteiger charge is 2.41. The van der Waals surface area contributed by atoms with Crippen LogP contribution >= 0.6 is 0 Å². The molecule has 5 rings (SSSR count). The van der Waals surface area contributed by atoms with E-state index in [1.165, 1.54) is 25.3 Å². The fourth-order valence-electron chi connectivity index (χ4n) is 4.51. The van der Waals surface area contributed by atoms with Gasteiger partial charge in [-0.15, -0.1) is 0 Å². The minimum Gasteiger partial charge on any atom is -0.508 e. The Bertz CT molecular complexity index is 1190. The average molecular weight is 364 g/mol. The lowest BCUT2D eigenvalue weighted by molar-refractivity contribution is -0.0821. The number of aromatic hydroxyl groups is 2. The first kappa shape index (κ1) is 16.3. The average Bonchev–Trinajstić information content (AvgIpc) is 2.65. The molecule has 0 bridgehead atoms. The molecule has 0 spiro atoms. The number of methoxy groups -OCH3 is 1. The summed E-state index contributed by atoms with van der Waals surface area (Å²) in [6, 6.07) is 6.34. The van der Waals surface area contributed by atoms with Crippen molar-refractivity contribution < 1.29 is 30.0 Å². The quantitative estimate of drug-likeness (QED) is 0.495. The van der Waals surface area contributed by atoms with Crippen LogP contribution in [0.4, 0.5) is 0 Å². The molecule has 3 aromatic rings. The van der Waals surface area contributed by atoms with Crippen LogP contribution in [0.25, 0.3) is 27.6 Å². The van der Waals surface area contributed by atoms with Crippen molar-refractivity contribution in [1.29, 1.82) is 0 Å². The van der Waals surface area contributed by atoms with Gasteiger partial charge in [-0.05, 0) is 45.5 Å². The molecule has 2 aliphatic rings. The summed E-state index contributed by atoms with van der Waals surface area (Å²) in [5.74, 6) is -0.540. The Balaban J connectivity index is 2.12. The smallest absolute Gasteiger partial charge is 0.190 e. The van der Waals surface area contributed by atoms with Crippen molar-refractivity contribution in [1.82, 2.24) is 0 Å². The van der Waals surface area contributed by atoms with E-state index in [1.807, 2.05) is 0 Å². The number of phenols is 2. The number of benzene rings is 3. The molecule has 6 heteroatoms. The van der Waals surface area contributed by atoms with Crippen LogP contribution in [0.1, 0.15) is 39.3 Å². The van der Waals surface area contributed by atoms with Gasteiger partial charge >= 0.3 is 0 Å². The number of hydrogen-bond donors (Lipinski definition) is 4. The largest absolute Gasteiger partial charge is 0.508 e. The summed E-state index contributed by atoms with van der Waals surface area (Å²) in [6.07, 6.45) is -0.465. The maximum absolute atomic E-state index is 12.4. The van der Waals surface area contributed by atoms with E-state index in [4.69, 9.17) is 4.74 Å². The maximum Gasteiger partial charge on any atom is 0.190 e. The van der Waals surface area contributed by atoms with Gasteiger partial charge in [0.1, 0.15) is 29.8 Å². The molecular formula is C21H16O6. The Morgan fingerprint density at radius 2 is 1.56 bits per heavy atom. The Morgan fingerprint density at radius 1 is 0.889 bits per heavy atom. The van der Waals surface area contributed by atoms with Crippen molar-refractivity contribution in [2.45, 2.75) is 18.3 Å². The van der Waals surface area contributed by atoms with Gasteiger partial charge in [0.25, 0.3) is 0 Å². The van der Waals surface area contributed by atoms with E-state index >= 15 is 0 Å². The molecule has 6 nitrogen and oxygen atoms in total. The van der Waals surface area contributed by atoms with Crippen molar-refractivity contribution in [2.24, 2.45) is 0 Å². The van der Waals surface area contributed by atoms with Crippen LogP contribution in [0.15, 0.2) is 30.3 Å². The van der Waals surface area contributed by atoms with Crippen molar-refractivity contribution >= 4 is 33.4 Å². The first-order valence-corrected chi connectivity index (χ1v) is 8.54. The zero-order valence-corrected chi connectivity index (χ0v) is 14.3. The number of aliphatic hydroxyl groups excluding tert-OH is 2. The van der Waals surface area contributed by atoms with Gasteiger partial charge in [0.15, 0.2) is 5.78 Å². The van der Waals surface area contributed by atoms with Crippen molar-refractivity contribution in [2.75, 3.05) is 7.11 Å². The highest BCUT2D eigenvalue weighted by molar-refractivity contribution is 6.27. The van der Waals surface area contributed by atoms with Crippen LogP contribution in [0, 0.1) is 0 Å². The minimum absolute atomic E-state index is 0.117. The topological polar surface area (TPSA) is 107 Å². The Labute approximate surface area is 153 Å². The summed E-state index contributed by atoms with van der Waals surface area (Å²) in [6.45, 7) is 0. The standard InChI is InChI=1S/C21H16O6/c1-27-21-16-10-4-7-12(23)17-11(22)5-2-8(14(10)17)9-3-6-13(24)18(15(9)16)19(25)20(21)26/h2-7,19-22,24-26H,1H3/t19-,20-,21+/m1/s1. The molecule has 0 radical (unpaired) electrons. The van der Waals surface area contributed by atoms with Gasteiger partial charge in [0, 0.05) is 18.1 Å². The first-order chi connectivity index (χ1) is 13.0. The molecule has 27 heavy (non-hydrogen) atoms. The molecule has 0 unspecified atom stereocenters. The molecule has 0 aromatic heterocycles. The van der Waals surface area contributed by atoms with Crippen LogP contribution in [0.3, 0.4) is 0 Å². The number of ketones is 1. The number of fused-ring (bicyclic) bond motifs is 2. The third-order valence-corrected chi connectivity index (χ3v) is 5.64. The van der Waals surface area contributed by atoms with Gasteiger partial charge in [-0.1, -0.05) is 18.2 Å². The van der Waals surface area contributed by atoms with Crippen LogP contribution in [0.5, 0.6) is 11.5 Å². The van der Waals surface area contributed by atoms with Crippen LogP contribution in [0.2, 0.25) is 0 Å². The molecule has 2 aliphatic carbocycles. The fourth-order valence-corrected chi connectivity index (χ4v) is 4.51. The number of rotatable bonds is 1. The number of carbonyl (C=O) groups excluding carboxylic acids is 1. The molecule has 3 atom stereocenters. The van der Waals surface area contributed by atoms with Crippen molar-refractivity contribution in [3.63, 3.8) is 0 Å². The third kappa shape index (κ3) is 1.87. The number of ether oxygens (including phenoxy) is 1. The summed E-state index contributed by atoms with van der Waals surface area (Å²) >= 11 is 0. The lowest BCUT2D eigenvalue weighted by atomic mass is 9.76. The zero-order valence-electron chi connectivity index (χ0n) is 14.3. The summed E-state index contributed by atoms with van der Waals surface area (Å²) < 4.78 is 5.50. The van der Waals surface area contributed by atoms with E-state index in [0.29, 0.717) is 32.7 Å². The molecule has 4 N–H and O–H groups in total.